The van der Waals surface area contributed by atoms with Gasteiger partial charge in [-0.2, -0.15) is 0 Å². The first-order chi connectivity index (χ1) is 2.64. The van der Waals surface area contributed by atoms with Crippen molar-refractivity contribution in [2.24, 2.45) is 0 Å². The van der Waals surface area contributed by atoms with E-state index in [9.17, 15) is 0 Å². The molecule has 2 N–H and O–H groups in total. The Bertz CT molecular complexity index is 80.0. The molecule has 0 aromatic carbocycles. The van der Waals surface area contributed by atoms with Crippen molar-refractivity contribution in [3.05, 3.63) is 0 Å². The Morgan fingerprint density at radius 3 is 1.12 bits per heavy atom. The van der Waals surface area contributed by atoms with Crippen LogP contribution in [0.4, 0.5) is 4.70 Å². The molecule has 0 aliphatic carbocycles. The van der Waals surface area contributed by atoms with Crippen molar-refractivity contribution >= 4 is 63.3 Å². The molecule has 0 aliphatic heterocycles. The molecular formula is C2H4FKO4. The molecule has 0 aliphatic rings. The molecule has 0 atom stereocenters. The normalized spacial score (nSPS) is 5.50. The maximum atomic E-state index is 9.10. The number of rotatable bonds is 0. The topological polar surface area (TPSA) is 74.6 Å². The maximum absolute atomic E-state index is 9.10. The first-order valence-electron chi connectivity index (χ1n) is 1.11. The van der Waals surface area contributed by atoms with E-state index in [1.165, 1.54) is 0 Å². The van der Waals surface area contributed by atoms with E-state index in [1.54, 1.807) is 0 Å². The molecule has 0 spiro atoms. The molecule has 0 aromatic rings. The van der Waals surface area contributed by atoms with Crippen LogP contribution < -0.4 is 0 Å². The number of aliphatic carboxylic acids is 2. The van der Waals surface area contributed by atoms with Crippen LogP contribution in [0.5, 0.6) is 0 Å². The predicted octanol–water partition coefficient (Wildman–Crippen LogP) is -1.34. The zero-order valence-corrected chi connectivity index (χ0v) is 3.12. The van der Waals surface area contributed by atoms with E-state index in [4.69, 9.17) is 19.8 Å². The Kier molecular flexibility index (Phi) is 14.8. The number of carbonyl (C=O) groups is 2. The Balaban J connectivity index is -0.000000125. The van der Waals surface area contributed by atoms with Gasteiger partial charge in [0.05, 0.1) is 0 Å². The molecule has 0 aromatic heterocycles. The van der Waals surface area contributed by atoms with Gasteiger partial charge in [-0.15, -0.1) is 0 Å². The van der Waals surface area contributed by atoms with Crippen molar-refractivity contribution in [2.75, 3.05) is 0 Å². The summed E-state index contributed by atoms with van der Waals surface area (Å²) in [6.45, 7) is 0. The molecule has 0 radical (unpaired) electrons. The van der Waals surface area contributed by atoms with Crippen molar-refractivity contribution in [3.8, 4) is 0 Å². The standard InChI is InChI=1S/C2H2O4.FH.K.H/c3-1(4)2(5)6;;;/h(H,3,4)(H,5,6);1H;;. The van der Waals surface area contributed by atoms with Crippen LogP contribution in [0.25, 0.3) is 0 Å². The van der Waals surface area contributed by atoms with Gasteiger partial charge in [0, 0.05) is 0 Å². The van der Waals surface area contributed by atoms with E-state index in [-0.39, 0.29) is 56.1 Å². The molecule has 44 valence electrons. The molecule has 0 heterocycles. The van der Waals surface area contributed by atoms with Gasteiger partial charge in [-0.05, 0) is 0 Å². The molecule has 0 saturated carbocycles. The van der Waals surface area contributed by atoms with Crippen molar-refractivity contribution in [1.82, 2.24) is 0 Å². The van der Waals surface area contributed by atoms with Crippen LogP contribution in [0.15, 0.2) is 0 Å². The van der Waals surface area contributed by atoms with Crippen LogP contribution in [0.2, 0.25) is 0 Å². The first kappa shape index (κ1) is 15.8. The van der Waals surface area contributed by atoms with Crippen LogP contribution in [-0.2, 0) is 9.59 Å². The van der Waals surface area contributed by atoms with Crippen LogP contribution in [0.1, 0.15) is 0 Å². The van der Waals surface area contributed by atoms with Gasteiger partial charge >= 0.3 is 63.3 Å². The van der Waals surface area contributed by atoms with Gasteiger partial charge in [0.25, 0.3) is 0 Å². The number of halogens is 1. The summed E-state index contributed by atoms with van der Waals surface area (Å²) in [5, 5.41) is 14.8. The zero-order valence-electron chi connectivity index (χ0n) is 3.12. The molecular weight excluding hydrogens is 146 g/mol. The zero-order chi connectivity index (χ0) is 5.15. The second kappa shape index (κ2) is 7.51. The summed E-state index contributed by atoms with van der Waals surface area (Å²) < 4.78 is 0. The number of hydrogen-bond acceptors (Lipinski definition) is 2. The van der Waals surface area contributed by atoms with Gasteiger partial charge in [-0.25, -0.2) is 9.59 Å². The molecule has 0 bridgehead atoms. The fourth-order valence-corrected chi connectivity index (χ4v) is 0. The summed E-state index contributed by atoms with van der Waals surface area (Å²) in [4.78, 5) is 18.2. The molecule has 6 heteroatoms. The second-order valence-corrected chi connectivity index (χ2v) is 0.610. The monoisotopic (exact) mass is 150 g/mol. The van der Waals surface area contributed by atoms with E-state index in [0.29, 0.717) is 0 Å². The summed E-state index contributed by atoms with van der Waals surface area (Å²) in [7, 11) is 0. The van der Waals surface area contributed by atoms with Gasteiger partial charge < -0.3 is 10.2 Å². The van der Waals surface area contributed by atoms with Crippen molar-refractivity contribution in [3.63, 3.8) is 0 Å². The van der Waals surface area contributed by atoms with Gasteiger partial charge in [0.1, 0.15) is 0 Å². The van der Waals surface area contributed by atoms with E-state index in [1.807, 2.05) is 0 Å². The predicted molar refractivity (Wildman–Crippen MR) is 24.9 cm³/mol. The molecule has 0 rings (SSSR count). The minimum absolute atomic E-state index is 0. The van der Waals surface area contributed by atoms with E-state index in [2.05, 4.69) is 0 Å². The third kappa shape index (κ3) is 9.71. The molecule has 0 amide bonds. The number of carboxylic acid groups (broad SMARTS) is 2. The molecule has 0 unspecified atom stereocenters. The third-order valence-electron chi connectivity index (χ3n) is 0.183. The van der Waals surface area contributed by atoms with Crippen molar-refractivity contribution in [1.29, 1.82) is 0 Å². The van der Waals surface area contributed by atoms with E-state index >= 15 is 0 Å². The van der Waals surface area contributed by atoms with E-state index in [0.717, 1.165) is 0 Å². The molecule has 0 saturated heterocycles. The summed E-state index contributed by atoms with van der Waals surface area (Å²) >= 11 is 0. The third-order valence-corrected chi connectivity index (χ3v) is 0.183. The minimum atomic E-state index is -1.82. The number of carboxylic acids is 2. The van der Waals surface area contributed by atoms with Gasteiger partial charge in [-0.1, -0.05) is 0 Å². The van der Waals surface area contributed by atoms with Gasteiger partial charge in [-0.3, -0.25) is 4.70 Å². The van der Waals surface area contributed by atoms with E-state index < -0.39 is 11.9 Å². The van der Waals surface area contributed by atoms with Crippen LogP contribution in [0.3, 0.4) is 0 Å². The van der Waals surface area contributed by atoms with Gasteiger partial charge in [0.2, 0.25) is 0 Å². The van der Waals surface area contributed by atoms with Crippen LogP contribution >= 0.6 is 0 Å². The Labute approximate surface area is 86.7 Å². The van der Waals surface area contributed by atoms with Crippen molar-refractivity contribution < 1.29 is 24.5 Å². The average molecular weight is 150 g/mol. The Morgan fingerprint density at radius 1 is 1.00 bits per heavy atom. The average Bonchev–Trinajstić information content (AvgIpc) is 1.36. The molecule has 8 heavy (non-hydrogen) atoms. The number of hydrogen-bond donors (Lipinski definition) is 2. The first-order valence-corrected chi connectivity index (χ1v) is 1.11. The Morgan fingerprint density at radius 2 is 1.12 bits per heavy atom. The fourth-order valence-electron chi connectivity index (χ4n) is 0. The van der Waals surface area contributed by atoms with Crippen molar-refractivity contribution in [2.45, 2.75) is 0 Å². The fraction of sp³-hybridized carbons (Fsp3) is 0. The second-order valence-electron chi connectivity index (χ2n) is 0.610. The summed E-state index contributed by atoms with van der Waals surface area (Å²) in [5.41, 5.74) is 0. The summed E-state index contributed by atoms with van der Waals surface area (Å²) in [6.07, 6.45) is 0. The quantitative estimate of drug-likeness (QED) is 0.331. The van der Waals surface area contributed by atoms with Gasteiger partial charge in [0.15, 0.2) is 0 Å². The SMILES string of the molecule is F.O=C(O)C(=O)O.[KH]. The summed E-state index contributed by atoms with van der Waals surface area (Å²) in [6, 6.07) is 0. The molecule has 4 nitrogen and oxygen atoms in total. The van der Waals surface area contributed by atoms with Crippen LogP contribution in [-0.4, -0.2) is 73.5 Å². The Hall–Kier alpha value is 0.506. The summed E-state index contributed by atoms with van der Waals surface area (Å²) in [5.74, 6) is -3.65. The van der Waals surface area contributed by atoms with Crippen LogP contribution in [0, 0.1) is 0 Å². The molecule has 0 fully saturated rings.